The molecule has 3 nitrogen and oxygen atoms in total. The van der Waals surface area contributed by atoms with E-state index in [1.165, 1.54) is 11.8 Å². The Hall–Kier alpha value is -0.690. The van der Waals surface area contributed by atoms with Crippen LogP contribution in [0, 0.1) is 11.5 Å². The fourth-order valence-electron chi connectivity index (χ4n) is 0.491. The van der Waals surface area contributed by atoms with Gasteiger partial charge in [0.1, 0.15) is 0 Å². The molecule has 1 N–H and O–H groups in total. The van der Waals surface area contributed by atoms with Crippen molar-refractivity contribution in [2.75, 3.05) is 6.26 Å². The third-order valence-electron chi connectivity index (χ3n) is 0.827. The first kappa shape index (κ1) is 10.3. The van der Waals surface area contributed by atoms with E-state index in [-0.39, 0.29) is 5.54 Å². The summed E-state index contributed by atoms with van der Waals surface area (Å²) in [5, 5.41) is 12.0. The molecule has 0 saturated heterocycles. The third kappa shape index (κ3) is 5.74. The number of rotatable bonds is 0. The van der Waals surface area contributed by atoms with Gasteiger partial charge in [-0.3, -0.25) is 0 Å². The number of aliphatic imine (C=N–C) groups is 1. The Labute approximate surface area is 71.9 Å². The molecule has 0 rings (SSSR count). The van der Waals surface area contributed by atoms with Crippen molar-refractivity contribution in [3.05, 3.63) is 0 Å². The van der Waals surface area contributed by atoms with Gasteiger partial charge in [0.25, 0.3) is 0 Å². The third-order valence-corrected chi connectivity index (χ3v) is 1.41. The summed E-state index contributed by atoms with van der Waals surface area (Å²) in [4.78, 5) is 3.60. The van der Waals surface area contributed by atoms with Crippen LogP contribution in [0.2, 0.25) is 0 Å². The van der Waals surface area contributed by atoms with Crippen molar-refractivity contribution in [3.8, 4) is 6.19 Å². The van der Waals surface area contributed by atoms with E-state index in [9.17, 15) is 0 Å². The van der Waals surface area contributed by atoms with Gasteiger partial charge in [0.05, 0.1) is 0 Å². The van der Waals surface area contributed by atoms with Crippen LogP contribution in [-0.2, 0) is 0 Å². The summed E-state index contributed by atoms with van der Waals surface area (Å²) in [5.74, 6) is 0. The molecular weight excluding hydrogens is 158 g/mol. The number of nitrogens with one attached hydrogen (secondary N) is 1. The molecule has 0 atom stereocenters. The van der Waals surface area contributed by atoms with E-state index in [0.29, 0.717) is 5.17 Å². The van der Waals surface area contributed by atoms with Crippen molar-refractivity contribution in [3.63, 3.8) is 0 Å². The van der Waals surface area contributed by atoms with E-state index in [4.69, 9.17) is 5.26 Å². The van der Waals surface area contributed by atoms with Crippen molar-refractivity contribution in [1.82, 2.24) is 5.32 Å². The summed E-state index contributed by atoms with van der Waals surface area (Å²) in [6, 6.07) is 0. The molecule has 0 fully saturated rings. The molecule has 0 spiro atoms. The Kier molecular flexibility index (Phi) is 3.98. The van der Waals surface area contributed by atoms with E-state index in [1.807, 2.05) is 27.0 Å². The second kappa shape index (κ2) is 4.24. The average molecular weight is 171 g/mol. The van der Waals surface area contributed by atoms with Gasteiger partial charge in [-0.25, -0.2) is 0 Å². The molecular formula is C7H13N3S. The lowest BCUT2D eigenvalue weighted by Crippen LogP contribution is -2.39. The van der Waals surface area contributed by atoms with Crippen molar-refractivity contribution in [1.29, 1.82) is 5.26 Å². The summed E-state index contributed by atoms with van der Waals surface area (Å²) < 4.78 is 0. The Morgan fingerprint density at radius 1 is 1.55 bits per heavy atom. The molecule has 0 bridgehead atoms. The second-order valence-corrected chi connectivity index (χ2v) is 3.89. The normalized spacial score (nSPS) is 12.5. The molecule has 0 amide bonds. The van der Waals surface area contributed by atoms with Crippen LogP contribution in [0.3, 0.4) is 0 Å². The molecule has 0 aliphatic carbocycles. The fraction of sp³-hybridized carbons (Fsp3) is 0.714. The number of hydrogen-bond acceptors (Lipinski definition) is 3. The quantitative estimate of drug-likeness (QED) is 0.342. The lowest BCUT2D eigenvalue weighted by molar-refractivity contribution is 0.516. The molecule has 0 aromatic heterocycles. The van der Waals surface area contributed by atoms with Crippen LogP contribution in [-0.4, -0.2) is 17.0 Å². The van der Waals surface area contributed by atoms with Crippen molar-refractivity contribution in [2.24, 2.45) is 4.99 Å². The summed E-state index contributed by atoms with van der Waals surface area (Å²) in [6.45, 7) is 6.07. The van der Waals surface area contributed by atoms with Crippen LogP contribution < -0.4 is 5.32 Å². The van der Waals surface area contributed by atoms with E-state index in [2.05, 4.69) is 10.3 Å². The van der Waals surface area contributed by atoms with Gasteiger partial charge in [0.2, 0.25) is 6.19 Å². The molecule has 0 aliphatic rings. The maximum atomic E-state index is 8.27. The van der Waals surface area contributed by atoms with Crippen LogP contribution in [0.4, 0.5) is 0 Å². The largest absolute Gasteiger partial charge is 0.359 e. The Balaban J connectivity index is 4.13. The molecule has 62 valence electrons. The van der Waals surface area contributed by atoms with Crippen LogP contribution >= 0.6 is 11.8 Å². The number of nitrogens with zero attached hydrogens (tertiary/aromatic N) is 2. The number of amidine groups is 1. The fourth-order valence-corrected chi connectivity index (χ4v) is 1.03. The summed E-state index contributed by atoms with van der Waals surface area (Å²) in [6.07, 6.45) is 3.63. The zero-order valence-electron chi connectivity index (χ0n) is 7.30. The smallest absolute Gasteiger partial charge is 0.208 e. The topological polar surface area (TPSA) is 48.2 Å². The molecule has 0 saturated carbocycles. The first-order valence-electron chi connectivity index (χ1n) is 3.28. The van der Waals surface area contributed by atoms with Crippen LogP contribution in [0.5, 0.6) is 0 Å². The molecule has 0 radical (unpaired) electrons. The highest BCUT2D eigenvalue weighted by atomic mass is 32.2. The summed E-state index contributed by atoms with van der Waals surface area (Å²) in [5.41, 5.74) is -0.0291. The first-order valence-corrected chi connectivity index (χ1v) is 4.51. The predicted octanol–water partition coefficient (Wildman–Crippen LogP) is 1.57. The van der Waals surface area contributed by atoms with Crippen molar-refractivity contribution in [2.45, 2.75) is 26.3 Å². The number of nitriles is 1. The van der Waals surface area contributed by atoms with Crippen LogP contribution in [0.15, 0.2) is 4.99 Å². The lowest BCUT2D eigenvalue weighted by atomic mass is 10.1. The molecule has 0 aromatic rings. The van der Waals surface area contributed by atoms with Gasteiger partial charge < -0.3 is 5.32 Å². The average Bonchev–Trinajstić information content (AvgIpc) is 1.84. The summed E-state index contributed by atoms with van der Waals surface area (Å²) in [7, 11) is 0. The zero-order chi connectivity index (χ0) is 8.91. The minimum absolute atomic E-state index is 0.0291. The lowest BCUT2D eigenvalue weighted by Gasteiger charge is -2.21. The van der Waals surface area contributed by atoms with Gasteiger partial charge in [-0.1, -0.05) is 11.8 Å². The van der Waals surface area contributed by atoms with Gasteiger partial charge in [0.15, 0.2) is 5.17 Å². The molecule has 11 heavy (non-hydrogen) atoms. The maximum Gasteiger partial charge on any atom is 0.208 e. The summed E-state index contributed by atoms with van der Waals surface area (Å²) >= 11 is 1.44. The van der Waals surface area contributed by atoms with Crippen LogP contribution in [0.1, 0.15) is 20.8 Å². The minimum Gasteiger partial charge on any atom is -0.359 e. The highest BCUT2D eigenvalue weighted by Gasteiger charge is 2.10. The highest BCUT2D eigenvalue weighted by molar-refractivity contribution is 8.13. The SMILES string of the molecule is CS/C(=N\C#N)NC(C)(C)C. The molecule has 0 aromatic carbocycles. The zero-order valence-corrected chi connectivity index (χ0v) is 8.12. The molecule has 0 aliphatic heterocycles. The van der Waals surface area contributed by atoms with Crippen molar-refractivity contribution < 1.29 is 0 Å². The predicted molar refractivity (Wildman–Crippen MR) is 49.5 cm³/mol. The van der Waals surface area contributed by atoms with Gasteiger partial charge >= 0.3 is 0 Å². The van der Waals surface area contributed by atoms with E-state index >= 15 is 0 Å². The van der Waals surface area contributed by atoms with Crippen LogP contribution in [0.25, 0.3) is 0 Å². The first-order chi connectivity index (χ1) is 4.99. The van der Waals surface area contributed by atoms with E-state index in [1.54, 1.807) is 6.19 Å². The minimum atomic E-state index is -0.0291. The second-order valence-electron chi connectivity index (χ2n) is 3.10. The van der Waals surface area contributed by atoms with Gasteiger partial charge in [-0.2, -0.15) is 5.26 Å². The van der Waals surface area contributed by atoms with E-state index < -0.39 is 0 Å². The highest BCUT2D eigenvalue weighted by Crippen LogP contribution is 2.03. The number of hydrogen-bond donors (Lipinski definition) is 1. The maximum absolute atomic E-state index is 8.27. The van der Waals surface area contributed by atoms with Crippen molar-refractivity contribution >= 4 is 16.9 Å². The Morgan fingerprint density at radius 2 is 2.09 bits per heavy atom. The molecule has 0 unspecified atom stereocenters. The van der Waals surface area contributed by atoms with Gasteiger partial charge in [-0.05, 0) is 27.0 Å². The van der Waals surface area contributed by atoms with Gasteiger partial charge in [0, 0.05) is 5.54 Å². The van der Waals surface area contributed by atoms with Gasteiger partial charge in [-0.15, -0.1) is 4.99 Å². The molecule has 0 heterocycles. The monoisotopic (exact) mass is 171 g/mol. The number of thioether (sulfide) groups is 1. The Morgan fingerprint density at radius 3 is 2.36 bits per heavy atom. The Bertz CT molecular complexity index is 185. The molecule has 4 heteroatoms. The standard InChI is InChI=1S/C7H13N3S/c1-7(2,3)10-6(11-4)9-5-8/h1-4H3,(H,9,10). The van der Waals surface area contributed by atoms with E-state index in [0.717, 1.165) is 0 Å².